The van der Waals surface area contributed by atoms with E-state index in [2.05, 4.69) is 65.1 Å². The monoisotopic (exact) mass is 509 g/mol. The summed E-state index contributed by atoms with van der Waals surface area (Å²) in [4.78, 5) is 7.14. The quantitative estimate of drug-likeness (QED) is 0.369. The molecule has 0 spiro atoms. The second-order valence-corrected chi connectivity index (χ2v) is 7.61. The van der Waals surface area contributed by atoms with E-state index in [1.807, 2.05) is 6.07 Å². The first kappa shape index (κ1) is 21.7. The molecule has 0 aromatic heterocycles. The van der Waals surface area contributed by atoms with Crippen LogP contribution in [0.4, 0.5) is 0 Å². The minimum absolute atomic E-state index is 0. The van der Waals surface area contributed by atoms with Crippen molar-refractivity contribution in [2.75, 3.05) is 26.2 Å². The standard InChI is InChI=1S/C18H28BrN3O.HI/c1-4-20-17(22-11-9-14(23)10-12-22)21-13-18(2,3)15-7-5-6-8-16(15)19;/h5-8,14,23H,4,9-13H2,1-3H3,(H,20,21);1H. The van der Waals surface area contributed by atoms with Crippen LogP contribution in [0.25, 0.3) is 0 Å². The average Bonchev–Trinajstić information content (AvgIpc) is 2.52. The molecule has 0 aliphatic carbocycles. The largest absolute Gasteiger partial charge is 0.393 e. The molecule has 6 heteroatoms. The fourth-order valence-corrected chi connectivity index (χ4v) is 3.69. The van der Waals surface area contributed by atoms with Gasteiger partial charge in [0.05, 0.1) is 12.6 Å². The molecule has 0 atom stereocenters. The summed E-state index contributed by atoms with van der Waals surface area (Å²) in [6, 6.07) is 8.35. The Bertz CT molecular complexity index is 543. The number of piperidine rings is 1. The number of guanidine groups is 1. The van der Waals surface area contributed by atoms with E-state index in [1.165, 1.54) is 5.56 Å². The van der Waals surface area contributed by atoms with Crippen molar-refractivity contribution in [2.45, 2.75) is 45.1 Å². The SMILES string of the molecule is CCNC(=NCC(C)(C)c1ccccc1Br)N1CCC(O)CC1.I. The Morgan fingerprint density at radius 1 is 1.33 bits per heavy atom. The first-order chi connectivity index (χ1) is 10.9. The minimum Gasteiger partial charge on any atom is -0.393 e. The predicted molar refractivity (Wildman–Crippen MR) is 115 cm³/mol. The van der Waals surface area contributed by atoms with Crippen molar-refractivity contribution in [3.63, 3.8) is 0 Å². The lowest BCUT2D eigenvalue weighted by molar-refractivity contribution is 0.108. The third-order valence-corrected chi connectivity index (χ3v) is 5.02. The van der Waals surface area contributed by atoms with Crippen molar-refractivity contribution < 1.29 is 5.11 Å². The second kappa shape index (κ2) is 9.97. The van der Waals surface area contributed by atoms with E-state index in [1.54, 1.807) is 0 Å². The number of aliphatic imine (C=N–C) groups is 1. The van der Waals surface area contributed by atoms with Crippen LogP contribution in [0.3, 0.4) is 0 Å². The van der Waals surface area contributed by atoms with E-state index in [9.17, 15) is 5.11 Å². The zero-order valence-corrected chi connectivity index (χ0v) is 18.7. The zero-order valence-electron chi connectivity index (χ0n) is 14.8. The maximum Gasteiger partial charge on any atom is 0.193 e. The molecule has 0 unspecified atom stereocenters. The molecule has 2 rings (SSSR count). The molecule has 1 heterocycles. The molecule has 1 aliphatic rings. The molecule has 24 heavy (non-hydrogen) atoms. The van der Waals surface area contributed by atoms with Gasteiger partial charge in [-0.05, 0) is 31.4 Å². The van der Waals surface area contributed by atoms with Crippen molar-refractivity contribution in [1.82, 2.24) is 10.2 Å². The Morgan fingerprint density at radius 3 is 2.54 bits per heavy atom. The Labute approximate surface area is 171 Å². The molecule has 0 amide bonds. The highest BCUT2D eigenvalue weighted by atomic mass is 127. The first-order valence-electron chi connectivity index (χ1n) is 8.40. The van der Waals surface area contributed by atoms with Crippen LogP contribution in [-0.4, -0.2) is 48.2 Å². The van der Waals surface area contributed by atoms with Gasteiger partial charge in [-0.25, -0.2) is 0 Å². The van der Waals surface area contributed by atoms with E-state index in [0.29, 0.717) is 0 Å². The summed E-state index contributed by atoms with van der Waals surface area (Å²) in [6.07, 6.45) is 1.47. The van der Waals surface area contributed by atoms with Gasteiger partial charge in [-0.1, -0.05) is 48.0 Å². The molecule has 0 saturated carbocycles. The predicted octanol–water partition coefficient (Wildman–Crippen LogP) is 3.77. The summed E-state index contributed by atoms with van der Waals surface area (Å²) in [5, 5.41) is 13.1. The molecule has 1 fully saturated rings. The van der Waals surface area contributed by atoms with Gasteiger partial charge in [0.15, 0.2) is 5.96 Å². The lowest BCUT2D eigenvalue weighted by atomic mass is 9.85. The van der Waals surface area contributed by atoms with Gasteiger partial charge in [-0.15, -0.1) is 24.0 Å². The summed E-state index contributed by atoms with van der Waals surface area (Å²) in [5.41, 5.74) is 1.23. The number of hydrogen-bond donors (Lipinski definition) is 2. The minimum atomic E-state index is -0.161. The maximum absolute atomic E-state index is 9.68. The van der Waals surface area contributed by atoms with Crippen LogP contribution in [0.2, 0.25) is 0 Å². The van der Waals surface area contributed by atoms with Crippen molar-refractivity contribution >= 4 is 45.9 Å². The molecule has 1 saturated heterocycles. The Morgan fingerprint density at radius 2 is 1.96 bits per heavy atom. The first-order valence-corrected chi connectivity index (χ1v) is 9.19. The number of aliphatic hydroxyl groups is 1. The Balaban J connectivity index is 0.00000288. The number of halogens is 2. The number of likely N-dealkylation sites (tertiary alicyclic amines) is 1. The van der Waals surface area contributed by atoms with Gasteiger partial charge < -0.3 is 15.3 Å². The van der Waals surface area contributed by atoms with Gasteiger partial charge in [-0.2, -0.15) is 0 Å². The fraction of sp³-hybridized carbons (Fsp3) is 0.611. The number of benzene rings is 1. The van der Waals surface area contributed by atoms with Crippen LogP contribution in [-0.2, 0) is 5.41 Å². The summed E-state index contributed by atoms with van der Waals surface area (Å²) >= 11 is 3.65. The van der Waals surface area contributed by atoms with Gasteiger partial charge in [0, 0.05) is 29.5 Å². The smallest absolute Gasteiger partial charge is 0.193 e. The van der Waals surface area contributed by atoms with Crippen LogP contribution < -0.4 is 5.32 Å². The topological polar surface area (TPSA) is 47.9 Å². The zero-order chi connectivity index (χ0) is 16.9. The lowest BCUT2D eigenvalue weighted by Crippen LogP contribution is -2.47. The summed E-state index contributed by atoms with van der Waals surface area (Å²) < 4.78 is 1.13. The lowest BCUT2D eigenvalue weighted by Gasteiger charge is -2.33. The van der Waals surface area contributed by atoms with E-state index >= 15 is 0 Å². The van der Waals surface area contributed by atoms with Crippen LogP contribution in [0.1, 0.15) is 39.2 Å². The average molecular weight is 510 g/mol. The summed E-state index contributed by atoms with van der Waals surface area (Å²) in [5.74, 6) is 0.958. The van der Waals surface area contributed by atoms with E-state index in [0.717, 1.165) is 49.5 Å². The molecular weight excluding hydrogens is 481 g/mol. The molecule has 136 valence electrons. The molecular formula is C18H29BrIN3O. The molecule has 4 nitrogen and oxygen atoms in total. The number of nitrogens with zero attached hydrogens (tertiary/aromatic N) is 2. The van der Waals surface area contributed by atoms with Crippen LogP contribution in [0, 0.1) is 0 Å². The highest BCUT2D eigenvalue weighted by molar-refractivity contribution is 14.0. The fourth-order valence-electron chi connectivity index (χ4n) is 2.87. The van der Waals surface area contributed by atoms with Crippen molar-refractivity contribution in [3.05, 3.63) is 34.3 Å². The van der Waals surface area contributed by atoms with Crippen molar-refractivity contribution in [2.24, 2.45) is 4.99 Å². The number of nitrogens with one attached hydrogen (secondary N) is 1. The highest BCUT2D eigenvalue weighted by Gasteiger charge is 2.24. The maximum atomic E-state index is 9.68. The van der Waals surface area contributed by atoms with Gasteiger partial charge in [-0.3, -0.25) is 4.99 Å². The highest BCUT2D eigenvalue weighted by Crippen LogP contribution is 2.30. The number of hydrogen-bond acceptors (Lipinski definition) is 2. The van der Waals surface area contributed by atoms with E-state index in [4.69, 9.17) is 4.99 Å². The molecule has 0 bridgehead atoms. The number of aliphatic hydroxyl groups excluding tert-OH is 1. The third kappa shape index (κ3) is 5.88. The van der Waals surface area contributed by atoms with Gasteiger partial charge in [0.2, 0.25) is 0 Å². The van der Waals surface area contributed by atoms with Gasteiger partial charge in [0.25, 0.3) is 0 Å². The van der Waals surface area contributed by atoms with Crippen LogP contribution in [0.5, 0.6) is 0 Å². The third-order valence-electron chi connectivity index (χ3n) is 4.33. The molecule has 2 N–H and O–H groups in total. The van der Waals surface area contributed by atoms with Gasteiger partial charge >= 0.3 is 0 Å². The second-order valence-electron chi connectivity index (χ2n) is 6.75. The summed E-state index contributed by atoms with van der Waals surface area (Å²) in [7, 11) is 0. The summed E-state index contributed by atoms with van der Waals surface area (Å²) in [6.45, 7) is 9.84. The van der Waals surface area contributed by atoms with Crippen molar-refractivity contribution in [3.8, 4) is 0 Å². The van der Waals surface area contributed by atoms with Gasteiger partial charge in [0.1, 0.15) is 0 Å². The Kier molecular flexibility index (Phi) is 9.01. The molecule has 1 aromatic rings. The Hall–Kier alpha value is -0.340. The normalized spacial score (nSPS) is 16.7. The van der Waals surface area contributed by atoms with Crippen LogP contribution in [0.15, 0.2) is 33.7 Å². The molecule has 0 radical (unpaired) electrons. The van der Waals surface area contributed by atoms with Crippen molar-refractivity contribution in [1.29, 1.82) is 0 Å². The van der Waals surface area contributed by atoms with E-state index in [-0.39, 0.29) is 35.5 Å². The van der Waals surface area contributed by atoms with E-state index < -0.39 is 0 Å². The van der Waals surface area contributed by atoms with Crippen LogP contribution >= 0.6 is 39.9 Å². The molecule has 1 aliphatic heterocycles. The number of rotatable bonds is 4. The molecule has 1 aromatic carbocycles.